The average molecular weight is 358 g/mol. The number of fused-ring (bicyclic) bond motifs is 1. The number of carbonyl (C=O) groups is 1. The minimum atomic E-state index is -3.67. The SMILES string of the molecule is CC(C)NC(=O)c1ccc(S(=O)(=O)N2c3ccccc3CC2C)cc1. The summed E-state index contributed by atoms with van der Waals surface area (Å²) in [5.74, 6) is -0.209. The molecular formula is C19H22N2O3S. The van der Waals surface area contributed by atoms with Gasteiger partial charge in [-0.2, -0.15) is 0 Å². The van der Waals surface area contributed by atoms with Gasteiger partial charge in [-0.15, -0.1) is 0 Å². The molecule has 1 N–H and O–H groups in total. The number of hydrogen-bond acceptors (Lipinski definition) is 3. The molecule has 0 saturated carbocycles. The van der Waals surface area contributed by atoms with Gasteiger partial charge in [-0.05, 0) is 63.1 Å². The molecular weight excluding hydrogens is 336 g/mol. The van der Waals surface area contributed by atoms with E-state index in [-0.39, 0.29) is 22.9 Å². The second-order valence-corrected chi connectivity index (χ2v) is 8.45. The molecule has 1 heterocycles. The second-order valence-electron chi connectivity index (χ2n) is 6.64. The van der Waals surface area contributed by atoms with Gasteiger partial charge in [-0.25, -0.2) is 8.42 Å². The molecule has 0 aliphatic carbocycles. The van der Waals surface area contributed by atoms with E-state index in [1.807, 2.05) is 45.0 Å². The first kappa shape index (κ1) is 17.5. The maximum absolute atomic E-state index is 13.1. The first-order valence-corrected chi connectivity index (χ1v) is 9.78. The van der Waals surface area contributed by atoms with Gasteiger partial charge in [0.25, 0.3) is 15.9 Å². The largest absolute Gasteiger partial charge is 0.350 e. The van der Waals surface area contributed by atoms with E-state index >= 15 is 0 Å². The third kappa shape index (κ3) is 3.26. The van der Waals surface area contributed by atoms with Crippen LogP contribution in [0.3, 0.4) is 0 Å². The number of hydrogen-bond donors (Lipinski definition) is 1. The first-order valence-electron chi connectivity index (χ1n) is 8.34. The molecule has 0 fully saturated rings. The van der Waals surface area contributed by atoms with E-state index in [9.17, 15) is 13.2 Å². The van der Waals surface area contributed by atoms with E-state index in [1.54, 1.807) is 12.1 Å². The Morgan fingerprint density at radius 3 is 2.40 bits per heavy atom. The fraction of sp³-hybridized carbons (Fsp3) is 0.316. The molecule has 1 atom stereocenters. The van der Waals surface area contributed by atoms with Crippen LogP contribution < -0.4 is 9.62 Å². The van der Waals surface area contributed by atoms with E-state index in [4.69, 9.17) is 0 Å². The molecule has 1 aliphatic heterocycles. The summed E-state index contributed by atoms with van der Waals surface area (Å²) in [5.41, 5.74) is 2.21. The lowest BCUT2D eigenvalue weighted by atomic mass is 10.1. The molecule has 1 unspecified atom stereocenters. The van der Waals surface area contributed by atoms with E-state index in [0.29, 0.717) is 12.0 Å². The Hall–Kier alpha value is -2.34. The number of nitrogens with zero attached hydrogens (tertiary/aromatic N) is 1. The Morgan fingerprint density at radius 1 is 1.12 bits per heavy atom. The van der Waals surface area contributed by atoms with Gasteiger partial charge in [0.1, 0.15) is 0 Å². The Balaban J connectivity index is 1.92. The summed E-state index contributed by atoms with van der Waals surface area (Å²) in [5, 5.41) is 2.79. The van der Waals surface area contributed by atoms with Crippen LogP contribution in [-0.2, 0) is 16.4 Å². The fourth-order valence-electron chi connectivity index (χ4n) is 3.14. The highest BCUT2D eigenvalue weighted by Gasteiger charge is 2.35. The Kier molecular flexibility index (Phi) is 4.56. The highest BCUT2D eigenvalue weighted by atomic mass is 32.2. The number of anilines is 1. The smallest absolute Gasteiger partial charge is 0.264 e. The maximum atomic E-state index is 13.1. The molecule has 0 bridgehead atoms. The van der Waals surface area contributed by atoms with E-state index in [1.165, 1.54) is 16.4 Å². The van der Waals surface area contributed by atoms with E-state index in [0.717, 1.165) is 11.3 Å². The predicted molar refractivity (Wildman–Crippen MR) is 98.3 cm³/mol. The minimum Gasteiger partial charge on any atom is -0.350 e. The van der Waals surface area contributed by atoms with Gasteiger partial charge in [0.05, 0.1) is 10.6 Å². The summed E-state index contributed by atoms with van der Waals surface area (Å²) < 4.78 is 27.7. The van der Waals surface area contributed by atoms with Crippen molar-refractivity contribution >= 4 is 21.6 Å². The number of para-hydroxylation sites is 1. The van der Waals surface area contributed by atoms with Crippen molar-refractivity contribution in [1.82, 2.24) is 5.32 Å². The van der Waals surface area contributed by atoms with Crippen molar-refractivity contribution in [2.24, 2.45) is 0 Å². The molecule has 5 nitrogen and oxygen atoms in total. The molecule has 2 aromatic rings. The zero-order valence-electron chi connectivity index (χ0n) is 14.6. The van der Waals surface area contributed by atoms with Crippen LogP contribution in [0.25, 0.3) is 0 Å². The molecule has 0 aromatic heterocycles. The zero-order chi connectivity index (χ0) is 18.2. The van der Waals surface area contributed by atoms with Crippen molar-refractivity contribution < 1.29 is 13.2 Å². The third-order valence-corrected chi connectivity index (χ3v) is 6.18. The standard InChI is InChI=1S/C19H22N2O3S/c1-13(2)20-19(22)15-8-10-17(11-9-15)25(23,24)21-14(3)12-16-6-4-5-7-18(16)21/h4-11,13-14H,12H2,1-3H3,(H,20,22). The van der Waals surface area contributed by atoms with Crippen molar-refractivity contribution in [3.8, 4) is 0 Å². The zero-order valence-corrected chi connectivity index (χ0v) is 15.4. The number of rotatable bonds is 4. The van der Waals surface area contributed by atoms with Crippen molar-refractivity contribution in [3.63, 3.8) is 0 Å². The summed E-state index contributed by atoms with van der Waals surface area (Å²) in [6.07, 6.45) is 0.699. The predicted octanol–water partition coefficient (Wildman–Crippen LogP) is 2.96. The summed E-state index contributed by atoms with van der Waals surface area (Å²) in [6.45, 7) is 5.66. The first-order chi connectivity index (χ1) is 11.8. The van der Waals surface area contributed by atoms with Gasteiger partial charge in [0.2, 0.25) is 0 Å². The summed E-state index contributed by atoms with van der Waals surface area (Å²) in [6, 6.07) is 13.6. The molecule has 25 heavy (non-hydrogen) atoms. The molecule has 0 saturated heterocycles. The minimum absolute atomic E-state index is 0.0258. The second kappa shape index (κ2) is 6.52. The quantitative estimate of drug-likeness (QED) is 0.914. The average Bonchev–Trinajstić information content (AvgIpc) is 2.90. The topological polar surface area (TPSA) is 66.5 Å². The summed E-state index contributed by atoms with van der Waals surface area (Å²) in [7, 11) is -3.67. The van der Waals surface area contributed by atoms with Gasteiger partial charge < -0.3 is 5.32 Å². The number of nitrogens with one attached hydrogen (secondary N) is 1. The number of sulfonamides is 1. The molecule has 2 aromatic carbocycles. The van der Waals surface area contributed by atoms with Gasteiger partial charge in [-0.3, -0.25) is 9.10 Å². The highest BCUT2D eigenvalue weighted by molar-refractivity contribution is 7.92. The molecule has 0 radical (unpaired) electrons. The molecule has 6 heteroatoms. The normalized spacial score (nSPS) is 16.8. The van der Waals surface area contributed by atoms with E-state index < -0.39 is 10.0 Å². The Morgan fingerprint density at radius 2 is 1.76 bits per heavy atom. The fourth-order valence-corrected chi connectivity index (χ4v) is 4.83. The lowest BCUT2D eigenvalue weighted by Gasteiger charge is -2.24. The lowest BCUT2D eigenvalue weighted by molar-refractivity contribution is 0.0943. The Labute approximate surface area is 148 Å². The molecule has 3 rings (SSSR count). The van der Waals surface area contributed by atoms with Crippen LogP contribution in [0.2, 0.25) is 0 Å². The molecule has 1 aliphatic rings. The van der Waals surface area contributed by atoms with Crippen LogP contribution in [-0.4, -0.2) is 26.4 Å². The van der Waals surface area contributed by atoms with Crippen LogP contribution >= 0.6 is 0 Å². The highest BCUT2D eigenvalue weighted by Crippen LogP contribution is 2.36. The van der Waals surface area contributed by atoms with Gasteiger partial charge in [0, 0.05) is 17.6 Å². The van der Waals surface area contributed by atoms with Gasteiger partial charge >= 0.3 is 0 Å². The molecule has 132 valence electrons. The number of carbonyl (C=O) groups excluding carboxylic acids is 1. The van der Waals surface area contributed by atoms with Gasteiger partial charge in [-0.1, -0.05) is 18.2 Å². The van der Waals surface area contributed by atoms with Crippen LogP contribution in [0.4, 0.5) is 5.69 Å². The summed E-state index contributed by atoms with van der Waals surface area (Å²) >= 11 is 0. The lowest BCUT2D eigenvalue weighted by Crippen LogP contribution is -2.35. The van der Waals surface area contributed by atoms with Crippen molar-refractivity contribution in [3.05, 3.63) is 59.7 Å². The van der Waals surface area contributed by atoms with Crippen LogP contribution in [0.1, 0.15) is 36.7 Å². The monoisotopic (exact) mass is 358 g/mol. The van der Waals surface area contributed by atoms with Crippen molar-refractivity contribution in [1.29, 1.82) is 0 Å². The molecule has 1 amide bonds. The van der Waals surface area contributed by atoms with Crippen LogP contribution in [0.5, 0.6) is 0 Å². The number of amides is 1. The van der Waals surface area contributed by atoms with E-state index in [2.05, 4.69) is 5.32 Å². The number of benzene rings is 2. The van der Waals surface area contributed by atoms with Crippen molar-refractivity contribution in [2.75, 3.05) is 4.31 Å². The Bertz CT molecular complexity index is 889. The van der Waals surface area contributed by atoms with Gasteiger partial charge in [0.15, 0.2) is 0 Å². The van der Waals surface area contributed by atoms with Crippen LogP contribution in [0, 0.1) is 0 Å². The maximum Gasteiger partial charge on any atom is 0.264 e. The molecule has 0 spiro atoms. The summed E-state index contributed by atoms with van der Waals surface area (Å²) in [4.78, 5) is 12.2. The van der Waals surface area contributed by atoms with Crippen molar-refractivity contribution in [2.45, 2.75) is 44.2 Å². The van der Waals surface area contributed by atoms with Crippen LogP contribution in [0.15, 0.2) is 53.4 Å². The third-order valence-electron chi connectivity index (χ3n) is 4.24.